The lowest BCUT2D eigenvalue weighted by atomic mass is 10.2. The van der Waals surface area contributed by atoms with Crippen molar-refractivity contribution in [3.05, 3.63) is 29.8 Å². The zero-order chi connectivity index (χ0) is 13.0. The first-order valence-electron chi connectivity index (χ1n) is 5.58. The van der Waals surface area contributed by atoms with Gasteiger partial charge < -0.3 is 10.4 Å². The fourth-order valence-corrected chi connectivity index (χ4v) is 1.29. The maximum Gasteiger partial charge on any atom is 0.329 e. The summed E-state index contributed by atoms with van der Waals surface area (Å²) >= 11 is 0. The quantitative estimate of drug-likeness (QED) is 0.402. The second kappa shape index (κ2) is 5.31. The van der Waals surface area contributed by atoms with Gasteiger partial charge in [-0.05, 0) is 25.0 Å². The van der Waals surface area contributed by atoms with Crippen molar-refractivity contribution in [1.82, 2.24) is 10.7 Å². The number of rotatable bonds is 3. The van der Waals surface area contributed by atoms with Crippen LogP contribution in [0.2, 0.25) is 0 Å². The minimum atomic E-state index is -0.812. The molecule has 0 bridgehead atoms. The molecule has 0 heterocycles. The van der Waals surface area contributed by atoms with Crippen LogP contribution < -0.4 is 10.7 Å². The molecule has 1 aliphatic carbocycles. The fraction of sp³-hybridized carbons (Fsp3) is 0.250. The van der Waals surface area contributed by atoms with Crippen molar-refractivity contribution in [3.63, 3.8) is 0 Å². The highest BCUT2D eigenvalue weighted by molar-refractivity contribution is 6.35. The lowest BCUT2D eigenvalue weighted by molar-refractivity contribution is -0.139. The van der Waals surface area contributed by atoms with E-state index in [9.17, 15) is 14.7 Å². The van der Waals surface area contributed by atoms with E-state index in [1.165, 1.54) is 12.3 Å². The summed E-state index contributed by atoms with van der Waals surface area (Å²) in [6.45, 7) is 0. The van der Waals surface area contributed by atoms with E-state index in [1.807, 2.05) is 0 Å². The molecular weight excluding hydrogens is 234 g/mol. The van der Waals surface area contributed by atoms with E-state index in [-0.39, 0.29) is 11.8 Å². The average molecular weight is 247 g/mol. The van der Waals surface area contributed by atoms with E-state index in [1.54, 1.807) is 18.2 Å². The first-order chi connectivity index (χ1) is 8.66. The molecule has 94 valence electrons. The van der Waals surface area contributed by atoms with Gasteiger partial charge in [-0.1, -0.05) is 12.1 Å². The maximum absolute atomic E-state index is 11.3. The Morgan fingerprint density at radius 1 is 1.28 bits per heavy atom. The summed E-state index contributed by atoms with van der Waals surface area (Å²) in [5.41, 5.74) is 2.56. The molecule has 6 nitrogen and oxygen atoms in total. The second-order valence-electron chi connectivity index (χ2n) is 4.01. The molecule has 1 saturated carbocycles. The highest BCUT2D eigenvalue weighted by Gasteiger charge is 2.26. The molecule has 0 aliphatic heterocycles. The third kappa shape index (κ3) is 3.31. The number of hydrazone groups is 1. The van der Waals surface area contributed by atoms with Crippen LogP contribution in [-0.4, -0.2) is 29.2 Å². The summed E-state index contributed by atoms with van der Waals surface area (Å²) in [4.78, 5) is 22.5. The molecule has 0 saturated heterocycles. The molecule has 0 aromatic heterocycles. The molecule has 1 aliphatic rings. The maximum atomic E-state index is 11.3. The fourth-order valence-electron chi connectivity index (χ4n) is 1.29. The van der Waals surface area contributed by atoms with Crippen LogP contribution in [-0.2, 0) is 9.59 Å². The van der Waals surface area contributed by atoms with Gasteiger partial charge in [-0.2, -0.15) is 5.10 Å². The number of nitrogens with zero attached hydrogens (tertiary/aromatic N) is 1. The van der Waals surface area contributed by atoms with Crippen LogP contribution in [0, 0.1) is 0 Å². The highest BCUT2D eigenvalue weighted by Crippen LogP contribution is 2.18. The minimum absolute atomic E-state index is 0.0536. The Hall–Kier alpha value is -2.37. The van der Waals surface area contributed by atoms with E-state index >= 15 is 0 Å². The summed E-state index contributed by atoms with van der Waals surface area (Å²) < 4.78 is 0. The number of nitrogens with one attached hydrogen (secondary N) is 2. The van der Waals surface area contributed by atoms with Crippen molar-refractivity contribution in [3.8, 4) is 5.75 Å². The van der Waals surface area contributed by atoms with Crippen molar-refractivity contribution in [1.29, 1.82) is 0 Å². The van der Waals surface area contributed by atoms with Gasteiger partial charge in [0.2, 0.25) is 0 Å². The monoisotopic (exact) mass is 247 g/mol. The summed E-state index contributed by atoms with van der Waals surface area (Å²) in [6, 6.07) is 6.67. The van der Waals surface area contributed by atoms with Gasteiger partial charge in [-0.3, -0.25) is 9.59 Å². The van der Waals surface area contributed by atoms with Gasteiger partial charge in [0, 0.05) is 11.6 Å². The first kappa shape index (κ1) is 12.1. The number of phenols is 1. The molecule has 3 N–H and O–H groups in total. The summed E-state index contributed by atoms with van der Waals surface area (Å²) in [5, 5.41) is 15.6. The molecule has 6 heteroatoms. The standard InChI is InChI=1S/C12H13N3O3/c16-10-4-2-1-3-8(10)7-13-15-12(18)11(17)14-9-5-6-9/h1-4,7,9,16H,5-6H2,(H,14,17)(H,15,18). The zero-order valence-corrected chi connectivity index (χ0v) is 9.59. The Balaban J connectivity index is 1.85. The Morgan fingerprint density at radius 2 is 2.00 bits per heavy atom. The van der Waals surface area contributed by atoms with Gasteiger partial charge in [-0.15, -0.1) is 0 Å². The number of para-hydroxylation sites is 1. The van der Waals surface area contributed by atoms with Crippen LogP contribution in [0.25, 0.3) is 0 Å². The van der Waals surface area contributed by atoms with Gasteiger partial charge in [0.1, 0.15) is 5.75 Å². The Morgan fingerprint density at radius 3 is 2.67 bits per heavy atom. The number of aromatic hydroxyl groups is 1. The number of carbonyl (C=O) groups is 2. The van der Waals surface area contributed by atoms with Gasteiger partial charge in [0.25, 0.3) is 0 Å². The number of hydrogen-bond acceptors (Lipinski definition) is 4. The summed E-state index contributed by atoms with van der Waals surface area (Å²) in [6.07, 6.45) is 3.11. The Bertz CT molecular complexity index is 495. The van der Waals surface area contributed by atoms with Gasteiger partial charge in [-0.25, -0.2) is 5.43 Å². The number of carbonyl (C=O) groups excluding carboxylic acids is 2. The lowest BCUT2D eigenvalue weighted by Gasteiger charge is -2.01. The molecule has 2 amide bonds. The molecular formula is C12H13N3O3. The van der Waals surface area contributed by atoms with Crippen LogP contribution in [0.4, 0.5) is 0 Å². The van der Waals surface area contributed by atoms with Crippen LogP contribution in [0.15, 0.2) is 29.4 Å². The van der Waals surface area contributed by atoms with Gasteiger partial charge >= 0.3 is 11.8 Å². The largest absolute Gasteiger partial charge is 0.507 e. The predicted molar refractivity (Wildman–Crippen MR) is 65.0 cm³/mol. The van der Waals surface area contributed by atoms with Crippen molar-refractivity contribution >= 4 is 18.0 Å². The van der Waals surface area contributed by atoms with Crippen molar-refractivity contribution in [2.45, 2.75) is 18.9 Å². The van der Waals surface area contributed by atoms with E-state index < -0.39 is 11.8 Å². The van der Waals surface area contributed by atoms with E-state index in [0.717, 1.165) is 12.8 Å². The third-order valence-electron chi connectivity index (χ3n) is 2.43. The van der Waals surface area contributed by atoms with E-state index in [4.69, 9.17) is 0 Å². The van der Waals surface area contributed by atoms with Crippen LogP contribution in [0.1, 0.15) is 18.4 Å². The SMILES string of the molecule is O=C(NN=Cc1ccccc1O)C(=O)NC1CC1. The number of amides is 2. The highest BCUT2D eigenvalue weighted by atomic mass is 16.3. The molecule has 18 heavy (non-hydrogen) atoms. The number of phenolic OH excluding ortho intramolecular Hbond substituents is 1. The normalized spacial score (nSPS) is 14.4. The lowest BCUT2D eigenvalue weighted by Crippen LogP contribution is -2.38. The molecule has 1 aromatic rings. The zero-order valence-electron chi connectivity index (χ0n) is 9.59. The number of hydrogen-bond donors (Lipinski definition) is 3. The van der Waals surface area contributed by atoms with Crippen molar-refractivity contribution in [2.75, 3.05) is 0 Å². The molecule has 0 radical (unpaired) electrons. The van der Waals surface area contributed by atoms with Crippen LogP contribution in [0.5, 0.6) is 5.75 Å². The summed E-state index contributed by atoms with van der Waals surface area (Å²) in [7, 11) is 0. The van der Waals surface area contributed by atoms with Crippen LogP contribution in [0.3, 0.4) is 0 Å². The first-order valence-corrected chi connectivity index (χ1v) is 5.58. The van der Waals surface area contributed by atoms with Crippen molar-refractivity contribution < 1.29 is 14.7 Å². The van der Waals surface area contributed by atoms with Gasteiger partial charge in [0.15, 0.2) is 0 Å². The minimum Gasteiger partial charge on any atom is -0.507 e. The van der Waals surface area contributed by atoms with Crippen molar-refractivity contribution in [2.24, 2.45) is 5.10 Å². The molecule has 1 fully saturated rings. The van der Waals surface area contributed by atoms with Crippen LogP contribution >= 0.6 is 0 Å². The van der Waals surface area contributed by atoms with E-state index in [0.29, 0.717) is 5.56 Å². The summed E-state index contributed by atoms with van der Waals surface area (Å²) in [5.74, 6) is -1.45. The Kier molecular flexibility index (Phi) is 3.57. The van der Waals surface area contributed by atoms with E-state index in [2.05, 4.69) is 15.8 Å². The topological polar surface area (TPSA) is 90.8 Å². The molecule has 2 rings (SSSR count). The molecule has 0 spiro atoms. The second-order valence-corrected chi connectivity index (χ2v) is 4.01. The third-order valence-corrected chi connectivity index (χ3v) is 2.43. The Labute approximate surface area is 104 Å². The molecule has 0 atom stereocenters. The predicted octanol–water partition coefficient (Wildman–Crippen LogP) is 0.121. The smallest absolute Gasteiger partial charge is 0.329 e. The molecule has 0 unspecified atom stereocenters. The average Bonchev–Trinajstić information content (AvgIpc) is 3.15. The number of benzene rings is 1. The van der Waals surface area contributed by atoms with Gasteiger partial charge in [0.05, 0.1) is 6.21 Å². The molecule has 1 aromatic carbocycles.